The summed E-state index contributed by atoms with van der Waals surface area (Å²) in [4.78, 5) is 19.8. The van der Waals surface area contributed by atoms with E-state index in [9.17, 15) is 4.79 Å². The van der Waals surface area contributed by atoms with Crippen LogP contribution in [0.4, 0.5) is 0 Å². The van der Waals surface area contributed by atoms with Gasteiger partial charge in [-0.3, -0.25) is 4.79 Å². The summed E-state index contributed by atoms with van der Waals surface area (Å²) in [6, 6.07) is 0. The average molecular weight is 393 g/mol. The number of hydrogen-bond acceptors (Lipinski definition) is 4. The number of nitrogens with two attached hydrogens (primary N) is 1. The quantitative estimate of drug-likeness (QED) is 0.853. The van der Waals surface area contributed by atoms with E-state index in [1.807, 2.05) is 4.90 Å². The normalized spacial score (nSPS) is 19.0. The molecule has 3 rings (SSSR count). The number of ether oxygens (including phenoxy) is 1. The zero-order valence-electron chi connectivity index (χ0n) is 15.3. The Kier molecular flexibility index (Phi) is 7.74. The van der Waals surface area contributed by atoms with E-state index in [1.54, 1.807) is 0 Å². The van der Waals surface area contributed by atoms with Gasteiger partial charge < -0.3 is 19.9 Å². The molecule has 1 aromatic rings. The molecular formula is C17H30Cl2N4O2. The molecule has 0 spiro atoms. The summed E-state index contributed by atoms with van der Waals surface area (Å²) in [6.45, 7) is 7.33. The maximum absolute atomic E-state index is 13.1. The second kappa shape index (κ2) is 8.71. The second-order valence-corrected chi connectivity index (χ2v) is 7.15. The van der Waals surface area contributed by atoms with Crippen molar-refractivity contribution in [2.45, 2.75) is 45.6 Å². The highest BCUT2D eigenvalue weighted by Crippen LogP contribution is 2.33. The Balaban J connectivity index is 0.00000156. The number of carbonyl (C=O) groups excluding carboxylic acids is 1. The molecule has 0 radical (unpaired) electrons. The van der Waals surface area contributed by atoms with Crippen LogP contribution in [0, 0.1) is 5.41 Å². The van der Waals surface area contributed by atoms with Gasteiger partial charge in [0, 0.05) is 51.4 Å². The van der Waals surface area contributed by atoms with E-state index in [0.717, 1.165) is 37.3 Å². The van der Waals surface area contributed by atoms with E-state index >= 15 is 0 Å². The van der Waals surface area contributed by atoms with Crippen molar-refractivity contribution < 1.29 is 9.53 Å². The number of fused-ring (bicyclic) bond motifs is 1. The lowest BCUT2D eigenvalue weighted by atomic mass is 9.78. The van der Waals surface area contributed by atoms with Gasteiger partial charge in [-0.15, -0.1) is 24.8 Å². The fourth-order valence-electron chi connectivity index (χ4n) is 3.84. The Morgan fingerprint density at radius 2 is 1.96 bits per heavy atom. The highest BCUT2D eigenvalue weighted by atomic mass is 35.5. The molecule has 0 bridgehead atoms. The molecule has 1 saturated heterocycles. The number of halogens is 2. The number of rotatable bonds is 3. The number of amides is 1. The fraction of sp³-hybridized carbons (Fsp3) is 0.765. The predicted octanol–water partition coefficient (Wildman–Crippen LogP) is 2.03. The molecule has 0 atom stereocenters. The largest absolute Gasteiger partial charge is 0.381 e. The van der Waals surface area contributed by atoms with Gasteiger partial charge in [0.1, 0.15) is 5.82 Å². The van der Waals surface area contributed by atoms with Crippen molar-refractivity contribution in [2.24, 2.45) is 18.2 Å². The van der Waals surface area contributed by atoms with Gasteiger partial charge in [-0.25, -0.2) is 4.98 Å². The summed E-state index contributed by atoms with van der Waals surface area (Å²) in [5, 5.41) is 0. The van der Waals surface area contributed by atoms with Crippen LogP contribution in [-0.2, 0) is 29.5 Å². The van der Waals surface area contributed by atoms with Gasteiger partial charge in [0.25, 0.3) is 0 Å². The summed E-state index contributed by atoms with van der Waals surface area (Å²) in [5.74, 6) is 1.68. The monoisotopic (exact) mass is 392 g/mol. The third kappa shape index (κ3) is 3.97. The molecule has 0 saturated carbocycles. The van der Waals surface area contributed by atoms with Crippen LogP contribution < -0.4 is 5.73 Å². The predicted molar refractivity (Wildman–Crippen MR) is 102 cm³/mol. The molecule has 2 aliphatic heterocycles. The van der Waals surface area contributed by atoms with Crippen LogP contribution in [0.15, 0.2) is 0 Å². The zero-order valence-corrected chi connectivity index (χ0v) is 16.9. The average Bonchev–Trinajstić information content (AvgIpc) is 2.91. The summed E-state index contributed by atoms with van der Waals surface area (Å²) in [5.41, 5.74) is 7.87. The van der Waals surface area contributed by atoms with Crippen molar-refractivity contribution >= 4 is 30.7 Å². The number of nitrogens with zero attached hydrogens (tertiary/aromatic N) is 3. The lowest BCUT2D eigenvalue weighted by molar-refractivity contribution is -0.148. The third-order valence-electron chi connectivity index (χ3n) is 5.39. The molecule has 0 aliphatic carbocycles. The van der Waals surface area contributed by atoms with E-state index in [4.69, 9.17) is 15.5 Å². The van der Waals surface area contributed by atoms with Crippen LogP contribution >= 0.6 is 24.8 Å². The lowest BCUT2D eigenvalue weighted by Crippen LogP contribution is -2.52. The summed E-state index contributed by atoms with van der Waals surface area (Å²) >= 11 is 0. The number of hydrogen-bond donors (Lipinski definition) is 1. The minimum atomic E-state index is -0.439. The van der Waals surface area contributed by atoms with Gasteiger partial charge in [-0.2, -0.15) is 0 Å². The van der Waals surface area contributed by atoms with E-state index in [1.165, 1.54) is 5.69 Å². The lowest BCUT2D eigenvalue weighted by Gasteiger charge is -2.40. The van der Waals surface area contributed by atoms with Crippen molar-refractivity contribution in [3.63, 3.8) is 0 Å². The summed E-state index contributed by atoms with van der Waals surface area (Å²) < 4.78 is 7.63. The fourth-order valence-corrected chi connectivity index (χ4v) is 3.84. The molecule has 1 fully saturated rings. The number of imidazole rings is 1. The Morgan fingerprint density at radius 1 is 1.32 bits per heavy atom. The van der Waals surface area contributed by atoms with Gasteiger partial charge >= 0.3 is 0 Å². The Labute approximate surface area is 162 Å². The first-order valence-corrected chi connectivity index (χ1v) is 8.60. The smallest absolute Gasteiger partial charge is 0.230 e. The maximum Gasteiger partial charge on any atom is 0.230 e. The topological polar surface area (TPSA) is 73.4 Å². The van der Waals surface area contributed by atoms with E-state index in [0.29, 0.717) is 32.2 Å². The van der Waals surface area contributed by atoms with Crippen molar-refractivity contribution in [1.29, 1.82) is 0 Å². The highest BCUT2D eigenvalue weighted by Gasteiger charge is 2.42. The Bertz CT molecular complexity index is 598. The Hall–Kier alpha value is -0.820. The van der Waals surface area contributed by atoms with Crippen LogP contribution in [0.2, 0.25) is 0 Å². The minimum Gasteiger partial charge on any atom is -0.381 e. The van der Waals surface area contributed by atoms with Crippen LogP contribution in [0.3, 0.4) is 0 Å². The molecule has 144 valence electrons. The number of carbonyl (C=O) groups is 1. The van der Waals surface area contributed by atoms with Gasteiger partial charge in [-0.1, -0.05) is 13.8 Å². The van der Waals surface area contributed by atoms with Gasteiger partial charge in [0.15, 0.2) is 0 Å². The first-order chi connectivity index (χ1) is 11.0. The van der Waals surface area contributed by atoms with Crippen molar-refractivity contribution in [3.8, 4) is 0 Å². The third-order valence-corrected chi connectivity index (χ3v) is 5.39. The first kappa shape index (κ1) is 22.2. The molecule has 1 amide bonds. The van der Waals surface area contributed by atoms with Crippen LogP contribution in [0.5, 0.6) is 0 Å². The maximum atomic E-state index is 13.1. The zero-order chi connectivity index (χ0) is 16.6. The highest BCUT2D eigenvalue weighted by molar-refractivity contribution is 5.85. The molecule has 6 nitrogen and oxygen atoms in total. The summed E-state index contributed by atoms with van der Waals surface area (Å²) in [6.07, 6.45) is 2.32. The standard InChI is InChI=1S/C17H28N4O2.2ClH/c1-12(2)15-19-13-10-21(7-4-14(13)20(15)3)16(22)17(11-18)5-8-23-9-6-17;;/h12H,4-11,18H2,1-3H3;2*1H. The summed E-state index contributed by atoms with van der Waals surface area (Å²) in [7, 11) is 2.08. The SMILES string of the molecule is CC(C)c1nc2c(n1C)CCN(C(=O)C1(CN)CCOCC1)C2.Cl.Cl. The van der Waals surface area contributed by atoms with Crippen LogP contribution in [0.25, 0.3) is 0 Å². The second-order valence-electron chi connectivity index (χ2n) is 7.15. The van der Waals surface area contributed by atoms with Crippen LogP contribution in [-0.4, -0.2) is 46.7 Å². The number of aromatic nitrogens is 2. The van der Waals surface area contributed by atoms with Gasteiger partial charge in [-0.05, 0) is 12.8 Å². The van der Waals surface area contributed by atoms with Crippen molar-refractivity contribution in [1.82, 2.24) is 14.5 Å². The molecule has 3 heterocycles. The molecule has 2 N–H and O–H groups in total. The van der Waals surface area contributed by atoms with Crippen LogP contribution in [0.1, 0.15) is 49.8 Å². The molecule has 1 aromatic heterocycles. The minimum absolute atomic E-state index is 0. The molecule has 8 heteroatoms. The van der Waals surface area contributed by atoms with Gasteiger partial charge in [0.05, 0.1) is 17.7 Å². The van der Waals surface area contributed by atoms with Crippen molar-refractivity contribution in [3.05, 3.63) is 17.2 Å². The van der Waals surface area contributed by atoms with Gasteiger partial charge in [0.2, 0.25) is 5.91 Å². The van der Waals surface area contributed by atoms with E-state index < -0.39 is 5.41 Å². The molecule has 0 unspecified atom stereocenters. The molecule has 25 heavy (non-hydrogen) atoms. The Morgan fingerprint density at radius 3 is 2.52 bits per heavy atom. The van der Waals surface area contributed by atoms with E-state index in [-0.39, 0.29) is 30.7 Å². The van der Waals surface area contributed by atoms with Crippen molar-refractivity contribution in [2.75, 3.05) is 26.3 Å². The molecule has 2 aliphatic rings. The molecular weight excluding hydrogens is 363 g/mol. The molecule has 0 aromatic carbocycles. The first-order valence-electron chi connectivity index (χ1n) is 8.60. The van der Waals surface area contributed by atoms with E-state index in [2.05, 4.69) is 25.5 Å².